The van der Waals surface area contributed by atoms with Gasteiger partial charge in [-0.15, -0.1) is 5.10 Å². The molecule has 7 nitrogen and oxygen atoms in total. The molecule has 0 N–H and O–H groups in total. The first-order chi connectivity index (χ1) is 9.52. The van der Waals surface area contributed by atoms with Gasteiger partial charge >= 0.3 is 5.97 Å². The maximum absolute atomic E-state index is 11.8. The molecule has 0 saturated carbocycles. The van der Waals surface area contributed by atoms with Gasteiger partial charge in [-0.2, -0.15) is 0 Å². The summed E-state index contributed by atoms with van der Waals surface area (Å²) in [5.74, 6) is -0.815. The van der Waals surface area contributed by atoms with Gasteiger partial charge in [0.1, 0.15) is 5.52 Å². The molecule has 1 amide bonds. The van der Waals surface area contributed by atoms with Crippen LogP contribution in [0.2, 0.25) is 0 Å². The van der Waals surface area contributed by atoms with Crippen molar-refractivity contribution >= 4 is 22.9 Å². The highest BCUT2D eigenvalue weighted by Crippen LogP contribution is 2.14. The molecule has 0 aliphatic rings. The van der Waals surface area contributed by atoms with Crippen LogP contribution in [0.25, 0.3) is 11.0 Å². The topological polar surface area (TPSA) is 77.3 Å². The summed E-state index contributed by atoms with van der Waals surface area (Å²) in [5.41, 5.74) is 1.83. The van der Waals surface area contributed by atoms with E-state index in [0.717, 1.165) is 5.52 Å². The largest absolute Gasteiger partial charge is 0.452 e. The molecular weight excluding hydrogens is 260 g/mol. The number of carbonyl (C=O) groups is 2. The summed E-state index contributed by atoms with van der Waals surface area (Å²) in [6.07, 6.45) is 0. The van der Waals surface area contributed by atoms with Gasteiger partial charge in [-0.1, -0.05) is 5.21 Å². The van der Waals surface area contributed by atoms with Gasteiger partial charge in [0.05, 0.1) is 11.1 Å². The summed E-state index contributed by atoms with van der Waals surface area (Å²) in [7, 11) is 3.20. The number of hydrogen-bond donors (Lipinski definition) is 0. The lowest BCUT2D eigenvalue weighted by atomic mass is 10.2. The third-order valence-corrected chi connectivity index (χ3v) is 2.87. The van der Waals surface area contributed by atoms with Crippen molar-refractivity contribution in [2.75, 3.05) is 20.7 Å². The number of benzene rings is 1. The molecule has 0 atom stereocenters. The second-order valence-corrected chi connectivity index (χ2v) is 4.47. The van der Waals surface area contributed by atoms with Gasteiger partial charge in [0.25, 0.3) is 5.91 Å². The molecule has 106 valence electrons. The van der Waals surface area contributed by atoms with Crippen molar-refractivity contribution in [2.24, 2.45) is 0 Å². The Morgan fingerprint density at radius 1 is 1.35 bits per heavy atom. The van der Waals surface area contributed by atoms with Gasteiger partial charge in [0, 0.05) is 20.6 Å². The number of nitrogens with zero attached hydrogens (tertiary/aromatic N) is 4. The van der Waals surface area contributed by atoms with Crippen LogP contribution in [0.15, 0.2) is 18.2 Å². The van der Waals surface area contributed by atoms with Crippen molar-refractivity contribution in [3.05, 3.63) is 23.8 Å². The van der Waals surface area contributed by atoms with E-state index in [1.807, 2.05) is 6.92 Å². The highest BCUT2D eigenvalue weighted by atomic mass is 16.5. The van der Waals surface area contributed by atoms with E-state index in [1.165, 1.54) is 4.90 Å². The SMILES string of the molecule is CCn1nnc2cc(C(=O)OCC(=O)N(C)C)ccc21. The molecule has 0 radical (unpaired) electrons. The van der Waals surface area contributed by atoms with E-state index in [9.17, 15) is 9.59 Å². The van der Waals surface area contributed by atoms with Gasteiger partial charge < -0.3 is 9.64 Å². The lowest BCUT2D eigenvalue weighted by Crippen LogP contribution is -2.27. The molecule has 1 aromatic carbocycles. The molecule has 0 aliphatic heterocycles. The van der Waals surface area contributed by atoms with Gasteiger partial charge in [0.2, 0.25) is 0 Å². The molecule has 0 saturated heterocycles. The van der Waals surface area contributed by atoms with E-state index in [4.69, 9.17) is 4.74 Å². The Bertz CT molecular complexity index is 648. The van der Waals surface area contributed by atoms with E-state index in [2.05, 4.69) is 10.3 Å². The maximum atomic E-state index is 11.8. The maximum Gasteiger partial charge on any atom is 0.338 e. The van der Waals surface area contributed by atoms with Crippen LogP contribution in [0.4, 0.5) is 0 Å². The number of rotatable bonds is 4. The fraction of sp³-hybridized carbons (Fsp3) is 0.385. The van der Waals surface area contributed by atoms with Gasteiger partial charge in [-0.05, 0) is 25.1 Å². The zero-order chi connectivity index (χ0) is 14.7. The Balaban J connectivity index is 2.12. The average molecular weight is 276 g/mol. The minimum atomic E-state index is -0.548. The van der Waals surface area contributed by atoms with Crippen LogP contribution in [0.3, 0.4) is 0 Å². The first-order valence-electron chi connectivity index (χ1n) is 6.23. The van der Waals surface area contributed by atoms with E-state index in [-0.39, 0.29) is 12.5 Å². The summed E-state index contributed by atoms with van der Waals surface area (Å²) < 4.78 is 6.68. The lowest BCUT2D eigenvalue weighted by molar-refractivity contribution is -0.131. The molecule has 0 unspecified atom stereocenters. The molecule has 0 spiro atoms. The number of esters is 1. The fourth-order valence-corrected chi connectivity index (χ4v) is 1.67. The number of carbonyl (C=O) groups excluding carboxylic acids is 2. The lowest BCUT2D eigenvalue weighted by Gasteiger charge is -2.10. The molecule has 2 rings (SSSR count). The fourth-order valence-electron chi connectivity index (χ4n) is 1.67. The number of amides is 1. The first-order valence-corrected chi connectivity index (χ1v) is 6.23. The van der Waals surface area contributed by atoms with Crippen molar-refractivity contribution in [1.82, 2.24) is 19.9 Å². The van der Waals surface area contributed by atoms with E-state index >= 15 is 0 Å². The first kappa shape index (κ1) is 14.0. The van der Waals surface area contributed by atoms with Crippen LogP contribution in [-0.4, -0.2) is 52.5 Å². The second-order valence-electron chi connectivity index (χ2n) is 4.47. The minimum absolute atomic E-state index is 0.267. The number of fused-ring (bicyclic) bond motifs is 1. The summed E-state index contributed by atoms with van der Waals surface area (Å²) >= 11 is 0. The Labute approximate surface area is 116 Å². The predicted molar refractivity (Wildman–Crippen MR) is 72.2 cm³/mol. The standard InChI is InChI=1S/C13H16N4O3/c1-4-17-11-6-5-9(7-10(11)14-15-17)13(19)20-8-12(18)16(2)3/h5-7H,4,8H2,1-3H3. The molecular formula is C13H16N4O3. The highest BCUT2D eigenvalue weighted by Gasteiger charge is 2.13. The van der Waals surface area contributed by atoms with E-state index < -0.39 is 5.97 Å². The number of likely N-dealkylation sites (N-methyl/N-ethyl adjacent to an activating group) is 1. The number of aromatic nitrogens is 3. The third kappa shape index (κ3) is 2.76. The van der Waals surface area contributed by atoms with E-state index in [0.29, 0.717) is 17.6 Å². The van der Waals surface area contributed by atoms with Crippen molar-refractivity contribution in [3.63, 3.8) is 0 Å². The number of ether oxygens (including phenoxy) is 1. The summed E-state index contributed by atoms with van der Waals surface area (Å²) in [4.78, 5) is 24.6. The van der Waals surface area contributed by atoms with Crippen molar-refractivity contribution in [1.29, 1.82) is 0 Å². The molecule has 0 aliphatic carbocycles. The Hall–Kier alpha value is -2.44. The number of hydrogen-bond acceptors (Lipinski definition) is 5. The summed E-state index contributed by atoms with van der Waals surface area (Å²) in [5, 5.41) is 7.95. The smallest absolute Gasteiger partial charge is 0.338 e. The van der Waals surface area contributed by atoms with Crippen molar-refractivity contribution in [2.45, 2.75) is 13.5 Å². The monoisotopic (exact) mass is 276 g/mol. The Kier molecular flexibility index (Phi) is 3.97. The van der Waals surface area contributed by atoms with Crippen LogP contribution >= 0.6 is 0 Å². The Morgan fingerprint density at radius 2 is 2.10 bits per heavy atom. The highest BCUT2D eigenvalue weighted by molar-refractivity contribution is 5.94. The van der Waals surface area contributed by atoms with Crippen LogP contribution in [0.1, 0.15) is 17.3 Å². The van der Waals surface area contributed by atoms with Gasteiger partial charge in [-0.3, -0.25) is 4.79 Å². The van der Waals surface area contributed by atoms with Crippen LogP contribution in [0.5, 0.6) is 0 Å². The zero-order valence-electron chi connectivity index (χ0n) is 11.7. The normalized spacial score (nSPS) is 10.6. The van der Waals surface area contributed by atoms with Crippen LogP contribution in [-0.2, 0) is 16.1 Å². The molecule has 1 heterocycles. The van der Waals surface area contributed by atoms with Crippen molar-refractivity contribution in [3.8, 4) is 0 Å². The molecule has 1 aromatic heterocycles. The molecule has 2 aromatic rings. The van der Waals surface area contributed by atoms with Crippen molar-refractivity contribution < 1.29 is 14.3 Å². The predicted octanol–water partition coefficient (Wildman–Crippen LogP) is 0.696. The quantitative estimate of drug-likeness (QED) is 0.768. The number of aryl methyl sites for hydroxylation is 1. The second kappa shape index (κ2) is 5.68. The summed E-state index contributed by atoms with van der Waals surface area (Å²) in [6.45, 7) is 2.40. The molecule has 0 bridgehead atoms. The third-order valence-electron chi connectivity index (χ3n) is 2.87. The molecule has 20 heavy (non-hydrogen) atoms. The summed E-state index contributed by atoms with van der Waals surface area (Å²) in [6, 6.07) is 5.01. The van der Waals surface area contributed by atoms with Crippen LogP contribution < -0.4 is 0 Å². The van der Waals surface area contributed by atoms with Crippen LogP contribution in [0, 0.1) is 0 Å². The minimum Gasteiger partial charge on any atom is -0.452 e. The molecule has 7 heteroatoms. The van der Waals surface area contributed by atoms with Gasteiger partial charge in [-0.25, -0.2) is 9.48 Å². The van der Waals surface area contributed by atoms with E-state index in [1.54, 1.807) is 37.0 Å². The Morgan fingerprint density at radius 3 is 2.75 bits per heavy atom. The molecule has 0 fully saturated rings. The zero-order valence-corrected chi connectivity index (χ0v) is 11.7. The van der Waals surface area contributed by atoms with Gasteiger partial charge in [0.15, 0.2) is 6.61 Å². The average Bonchev–Trinajstić information content (AvgIpc) is 2.86.